The minimum Gasteiger partial charge on any atom is -0.423 e. The first-order chi connectivity index (χ1) is 17.7. The zero-order chi connectivity index (χ0) is 24.3. The highest BCUT2D eigenvalue weighted by atomic mass is 16.5. The van der Waals surface area contributed by atoms with Gasteiger partial charge in [0, 0.05) is 16.7 Å². The molecule has 0 aliphatic heterocycles. The van der Waals surface area contributed by atoms with Crippen molar-refractivity contribution in [1.29, 1.82) is 0 Å². The van der Waals surface area contributed by atoms with Gasteiger partial charge in [0.05, 0.1) is 28.5 Å². The Hall–Kier alpha value is -5.17. The molecule has 0 saturated heterocycles. The second-order valence-corrected chi connectivity index (χ2v) is 8.01. The normalized spacial score (nSPS) is 10.9. The van der Waals surface area contributed by atoms with Gasteiger partial charge < -0.3 is 9.15 Å². The first kappa shape index (κ1) is 21.4. The molecule has 0 aliphatic carbocycles. The summed E-state index contributed by atoms with van der Waals surface area (Å²) < 4.78 is 11.3. The van der Waals surface area contributed by atoms with Crippen LogP contribution >= 0.6 is 0 Å². The maximum absolute atomic E-state index is 12.7. The van der Waals surface area contributed by atoms with Gasteiger partial charge in [-0.05, 0) is 72.8 Å². The fourth-order valence-electron chi connectivity index (χ4n) is 3.74. The van der Waals surface area contributed by atoms with Crippen LogP contribution in [0.2, 0.25) is 0 Å². The predicted octanol–water partition coefficient (Wildman–Crippen LogP) is 6.23. The van der Waals surface area contributed by atoms with Crippen LogP contribution in [0.25, 0.3) is 45.2 Å². The second kappa shape index (κ2) is 9.23. The van der Waals surface area contributed by atoms with Gasteiger partial charge in [0.15, 0.2) is 0 Å². The molecule has 0 amide bonds. The number of ether oxygens (including phenoxy) is 1. The second-order valence-electron chi connectivity index (χ2n) is 8.01. The fraction of sp³-hybridized carbons (Fsp3) is 0. The van der Waals surface area contributed by atoms with E-state index in [1.807, 2.05) is 66.7 Å². The molecule has 0 radical (unpaired) electrons. The van der Waals surface area contributed by atoms with E-state index in [1.165, 1.54) is 0 Å². The SMILES string of the molecule is O=C(Oc1ccc(-c2cnc3ccccc3n2)cc1)c1ccc(-c2nnc(-c3ccccc3)o2)cc1. The maximum Gasteiger partial charge on any atom is 0.343 e. The van der Waals surface area contributed by atoms with E-state index in [0.29, 0.717) is 28.7 Å². The largest absolute Gasteiger partial charge is 0.423 e. The number of para-hydroxylation sites is 2. The summed E-state index contributed by atoms with van der Waals surface area (Å²) in [5.74, 6) is 0.787. The molecule has 36 heavy (non-hydrogen) atoms. The molecular weight excluding hydrogens is 452 g/mol. The van der Waals surface area contributed by atoms with Crippen LogP contribution in [-0.4, -0.2) is 26.1 Å². The molecule has 0 aliphatic rings. The summed E-state index contributed by atoms with van der Waals surface area (Å²) in [5.41, 5.74) is 5.26. The Kier molecular flexibility index (Phi) is 5.48. The lowest BCUT2D eigenvalue weighted by molar-refractivity contribution is 0.0735. The van der Waals surface area contributed by atoms with Gasteiger partial charge in [-0.3, -0.25) is 4.98 Å². The Bertz CT molecular complexity index is 1660. The van der Waals surface area contributed by atoms with Crippen LogP contribution in [0, 0.1) is 0 Å². The molecule has 0 fully saturated rings. The van der Waals surface area contributed by atoms with Crippen molar-refractivity contribution in [2.24, 2.45) is 0 Å². The molecule has 0 spiro atoms. The summed E-state index contributed by atoms with van der Waals surface area (Å²) in [7, 11) is 0. The number of hydrogen-bond acceptors (Lipinski definition) is 7. The smallest absolute Gasteiger partial charge is 0.343 e. The summed E-state index contributed by atoms with van der Waals surface area (Å²) in [6.07, 6.45) is 1.73. The molecule has 172 valence electrons. The Morgan fingerprint density at radius 1 is 0.639 bits per heavy atom. The van der Waals surface area contributed by atoms with Crippen LogP contribution in [0.4, 0.5) is 0 Å². The number of fused-ring (bicyclic) bond motifs is 1. The molecule has 6 rings (SSSR count). The minimum absolute atomic E-state index is 0.376. The highest BCUT2D eigenvalue weighted by Gasteiger charge is 2.13. The number of carbonyl (C=O) groups is 1. The number of esters is 1. The van der Waals surface area contributed by atoms with Crippen molar-refractivity contribution in [2.75, 3.05) is 0 Å². The van der Waals surface area contributed by atoms with Gasteiger partial charge >= 0.3 is 5.97 Å². The van der Waals surface area contributed by atoms with Crippen LogP contribution in [0.5, 0.6) is 5.75 Å². The average molecular weight is 470 g/mol. The van der Waals surface area contributed by atoms with Crippen molar-refractivity contribution in [3.8, 4) is 39.9 Å². The summed E-state index contributed by atoms with van der Waals surface area (Å²) in [6.45, 7) is 0. The van der Waals surface area contributed by atoms with Crippen LogP contribution in [0.3, 0.4) is 0 Å². The zero-order valence-corrected chi connectivity index (χ0v) is 18.9. The van der Waals surface area contributed by atoms with Gasteiger partial charge in [0.1, 0.15) is 5.75 Å². The van der Waals surface area contributed by atoms with Crippen molar-refractivity contribution >= 4 is 17.0 Å². The van der Waals surface area contributed by atoms with Gasteiger partial charge in [-0.1, -0.05) is 30.3 Å². The summed E-state index contributed by atoms with van der Waals surface area (Å²) in [5, 5.41) is 8.22. The van der Waals surface area contributed by atoms with Crippen LogP contribution in [0.1, 0.15) is 10.4 Å². The van der Waals surface area contributed by atoms with Gasteiger partial charge in [0.2, 0.25) is 11.8 Å². The number of carbonyl (C=O) groups excluding carboxylic acids is 1. The van der Waals surface area contributed by atoms with Crippen LogP contribution in [0.15, 0.2) is 114 Å². The number of benzene rings is 4. The topological polar surface area (TPSA) is 91.0 Å². The standard InChI is InChI=1S/C29H18N4O3/c34-29(22-12-10-21(11-13-22)28-33-32-27(36-28)20-6-2-1-3-7-20)35-23-16-14-19(15-17-23)26-18-30-24-8-4-5-9-25(24)31-26/h1-18H. The molecule has 2 aromatic heterocycles. The maximum atomic E-state index is 12.7. The highest BCUT2D eigenvalue weighted by Crippen LogP contribution is 2.25. The van der Waals surface area contributed by atoms with Gasteiger partial charge in [-0.2, -0.15) is 0 Å². The van der Waals surface area contributed by atoms with Crippen molar-refractivity contribution in [1.82, 2.24) is 20.2 Å². The lowest BCUT2D eigenvalue weighted by Crippen LogP contribution is -2.08. The van der Waals surface area contributed by atoms with E-state index in [1.54, 1.807) is 42.6 Å². The molecule has 2 heterocycles. The zero-order valence-electron chi connectivity index (χ0n) is 18.9. The monoisotopic (exact) mass is 470 g/mol. The Labute approximate surface area is 206 Å². The average Bonchev–Trinajstić information content (AvgIpc) is 3.44. The number of nitrogens with zero attached hydrogens (tertiary/aromatic N) is 4. The fourth-order valence-corrected chi connectivity index (χ4v) is 3.74. The first-order valence-corrected chi connectivity index (χ1v) is 11.3. The van der Waals surface area contributed by atoms with Crippen LogP contribution in [-0.2, 0) is 0 Å². The molecule has 7 nitrogen and oxygen atoms in total. The van der Waals surface area contributed by atoms with Crippen molar-refractivity contribution in [2.45, 2.75) is 0 Å². The van der Waals surface area contributed by atoms with E-state index in [2.05, 4.69) is 20.2 Å². The molecule has 0 unspecified atom stereocenters. The molecule has 4 aromatic carbocycles. The van der Waals surface area contributed by atoms with Crippen molar-refractivity contribution < 1.29 is 13.9 Å². The summed E-state index contributed by atoms with van der Waals surface area (Å²) in [4.78, 5) is 21.8. The lowest BCUT2D eigenvalue weighted by atomic mass is 10.1. The Morgan fingerprint density at radius 2 is 1.25 bits per heavy atom. The highest BCUT2D eigenvalue weighted by molar-refractivity contribution is 5.91. The molecule has 0 atom stereocenters. The van der Waals surface area contributed by atoms with E-state index in [9.17, 15) is 4.79 Å². The van der Waals surface area contributed by atoms with Gasteiger partial charge in [-0.15, -0.1) is 10.2 Å². The van der Waals surface area contributed by atoms with E-state index < -0.39 is 5.97 Å². The van der Waals surface area contributed by atoms with E-state index >= 15 is 0 Å². The summed E-state index contributed by atoms with van der Waals surface area (Å²) >= 11 is 0. The van der Waals surface area contributed by atoms with E-state index in [4.69, 9.17) is 9.15 Å². The van der Waals surface area contributed by atoms with E-state index in [-0.39, 0.29) is 0 Å². The number of aromatic nitrogens is 4. The minimum atomic E-state index is -0.463. The first-order valence-electron chi connectivity index (χ1n) is 11.3. The molecule has 0 saturated carbocycles. The number of hydrogen-bond donors (Lipinski definition) is 0. The van der Waals surface area contributed by atoms with Gasteiger partial charge in [-0.25, -0.2) is 9.78 Å². The summed E-state index contributed by atoms with van der Waals surface area (Å²) in [6, 6.07) is 31.3. The lowest BCUT2D eigenvalue weighted by Gasteiger charge is -2.07. The molecule has 0 N–H and O–H groups in total. The predicted molar refractivity (Wildman–Crippen MR) is 135 cm³/mol. The van der Waals surface area contributed by atoms with Crippen LogP contribution < -0.4 is 4.74 Å². The molecule has 0 bridgehead atoms. The Morgan fingerprint density at radius 3 is 1.97 bits per heavy atom. The molecule has 7 heteroatoms. The number of rotatable bonds is 5. The molecule has 6 aromatic rings. The third kappa shape index (κ3) is 4.33. The van der Waals surface area contributed by atoms with Gasteiger partial charge in [0.25, 0.3) is 0 Å². The third-order valence-corrected chi connectivity index (χ3v) is 5.62. The Balaban J connectivity index is 1.14. The molecular formula is C29H18N4O3. The quantitative estimate of drug-likeness (QED) is 0.218. The third-order valence-electron chi connectivity index (χ3n) is 5.62. The van der Waals surface area contributed by atoms with Crippen molar-refractivity contribution in [3.63, 3.8) is 0 Å². The van der Waals surface area contributed by atoms with E-state index in [0.717, 1.165) is 27.9 Å². The van der Waals surface area contributed by atoms with Crippen molar-refractivity contribution in [3.05, 3.63) is 115 Å².